The number of imidazole rings is 1. The van der Waals surface area contributed by atoms with Crippen molar-refractivity contribution in [2.45, 2.75) is 71.0 Å². The van der Waals surface area contributed by atoms with Crippen LogP contribution in [-0.4, -0.2) is 32.2 Å². The van der Waals surface area contributed by atoms with Gasteiger partial charge >= 0.3 is 0 Å². The maximum atomic E-state index is 13.5. The molecular formula is C22H30N4O2S. The van der Waals surface area contributed by atoms with Crippen LogP contribution in [0.1, 0.15) is 46.0 Å². The van der Waals surface area contributed by atoms with Gasteiger partial charge in [-0.25, -0.2) is 4.98 Å². The molecule has 0 bridgehead atoms. The van der Waals surface area contributed by atoms with Gasteiger partial charge in [0.05, 0.1) is 22.3 Å². The molecule has 1 aromatic heterocycles. The van der Waals surface area contributed by atoms with Gasteiger partial charge in [-0.05, 0) is 52.7 Å². The highest BCUT2D eigenvalue weighted by Gasteiger charge is 2.45. The second kappa shape index (κ2) is 7.86. The summed E-state index contributed by atoms with van der Waals surface area (Å²) in [6.07, 6.45) is 0. The van der Waals surface area contributed by atoms with Crippen molar-refractivity contribution in [3.05, 3.63) is 35.7 Å². The molecule has 3 rings (SSSR count). The van der Waals surface area contributed by atoms with Crippen LogP contribution < -0.4 is 10.2 Å². The van der Waals surface area contributed by atoms with Crippen molar-refractivity contribution in [3.8, 4) is 0 Å². The van der Waals surface area contributed by atoms with Crippen LogP contribution in [0.4, 0.5) is 11.4 Å². The van der Waals surface area contributed by atoms with Gasteiger partial charge in [0.25, 0.3) is 0 Å². The van der Waals surface area contributed by atoms with Crippen LogP contribution in [0, 0.1) is 19.8 Å². The van der Waals surface area contributed by atoms with E-state index in [4.69, 9.17) is 4.98 Å². The maximum Gasteiger partial charge on any atom is 0.250 e. The predicted molar refractivity (Wildman–Crippen MR) is 118 cm³/mol. The summed E-state index contributed by atoms with van der Waals surface area (Å²) in [6, 6.07) is 7.43. The molecule has 2 aromatic rings. The zero-order chi connectivity index (χ0) is 21.5. The van der Waals surface area contributed by atoms with Gasteiger partial charge in [-0.15, -0.1) is 0 Å². The Bertz CT molecular complexity index is 948. The number of thioether (sulfide) groups is 1. The molecule has 1 aromatic carbocycles. The maximum absolute atomic E-state index is 13.5. The molecule has 2 amide bonds. The fourth-order valence-electron chi connectivity index (χ4n) is 3.53. The number of para-hydroxylation sites is 2. The van der Waals surface area contributed by atoms with Crippen LogP contribution in [0.25, 0.3) is 0 Å². The Morgan fingerprint density at radius 2 is 1.86 bits per heavy atom. The summed E-state index contributed by atoms with van der Waals surface area (Å²) in [7, 11) is 0. The number of nitrogens with zero attached hydrogens (tertiary/aromatic N) is 3. The number of nitrogens with one attached hydrogen (secondary N) is 1. The van der Waals surface area contributed by atoms with Crippen molar-refractivity contribution in [1.82, 2.24) is 9.55 Å². The molecule has 6 nitrogen and oxygen atoms in total. The first-order valence-electron chi connectivity index (χ1n) is 9.99. The Kier molecular flexibility index (Phi) is 5.81. The van der Waals surface area contributed by atoms with Crippen molar-refractivity contribution in [2.24, 2.45) is 5.92 Å². The van der Waals surface area contributed by atoms with Crippen molar-refractivity contribution < 1.29 is 9.59 Å². The topological polar surface area (TPSA) is 67.2 Å². The average molecular weight is 415 g/mol. The van der Waals surface area contributed by atoms with Gasteiger partial charge in [-0.1, -0.05) is 37.7 Å². The summed E-state index contributed by atoms with van der Waals surface area (Å²) in [6.45, 7) is 14.7. The molecule has 0 saturated heterocycles. The highest BCUT2D eigenvalue weighted by atomic mass is 32.2. The van der Waals surface area contributed by atoms with E-state index in [1.165, 1.54) is 11.8 Å². The first-order chi connectivity index (χ1) is 13.5. The standard InChI is InChI=1S/C22H30N4O2S/c1-13(2)12-25-15(4)14(3)23-21(25)29-16(5)19(27)26-18-11-9-8-10-17(18)24-20(28)22(26,6)7/h8-11,13,16H,12H2,1-7H3,(H,24,28). The summed E-state index contributed by atoms with van der Waals surface area (Å²) >= 11 is 1.45. The lowest BCUT2D eigenvalue weighted by Crippen LogP contribution is -2.60. The first kappa shape index (κ1) is 21.4. The van der Waals surface area contributed by atoms with Gasteiger partial charge in [-0.2, -0.15) is 0 Å². The second-order valence-corrected chi connectivity index (χ2v) is 9.84. The van der Waals surface area contributed by atoms with Gasteiger partial charge in [0.1, 0.15) is 5.54 Å². The van der Waals surface area contributed by atoms with Gasteiger partial charge in [0.2, 0.25) is 11.8 Å². The summed E-state index contributed by atoms with van der Waals surface area (Å²) < 4.78 is 2.19. The Balaban J connectivity index is 1.93. The van der Waals surface area contributed by atoms with Gasteiger partial charge < -0.3 is 9.88 Å². The van der Waals surface area contributed by atoms with Crippen LogP contribution in [0.3, 0.4) is 0 Å². The molecule has 29 heavy (non-hydrogen) atoms. The molecule has 0 fully saturated rings. The molecule has 0 saturated carbocycles. The SMILES string of the molecule is Cc1nc(SC(C)C(=O)N2c3ccccc3NC(=O)C2(C)C)n(CC(C)C)c1C. The van der Waals surface area contributed by atoms with Crippen molar-refractivity contribution >= 4 is 35.0 Å². The molecule has 0 radical (unpaired) electrons. The zero-order valence-corrected chi connectivity index (χ0v) is 19.1. The van der Waals surface area contributed by atoms with E-state index in [0.717, 1.165) is 28.8 Å². The Hall–Kier alpha value is -2.28. The number of carbonyl (C=O) groups is 2. The van der Waals surface area contributed by atoms with Gasteiger partial charge in [0.15, 0.2) is 5.16 Å². The monoisotopic (exact) mass is 414 g/mol. The quantitative estimate of drug-likeness (QED) is 0.737. The van der Waals surface area contributed by atoms with E-state index in [-0.39, 0.29) is 17.1 Å². The molecule has 2 heterocycles. The minimum Gasteiger partial charge on any atom is -0.323 e. The van der Waals surface area contributed by atoms with Gasteiger partial charge in [0, 0.05) is 12.2 Å². The summed E-state index contributed by atoms with van der Waals surface area (Å²) in [5.74, 6) is 0.190. The number of hydrogen-bond donors (Lipinski definition) is 1. The molecule has 1 unspecified atom stereocenters. The number of anilines is 2. The summed E-state index contributed by atoms with van der Waals surface area (Å²) in [5.41, 5.74) is 2.53. The third-order valence-corrected chi connectivity index (χ3v) is 6.41. The van der Waals surface area contributed by atoms with Crippen LogP contribution in [0.5, 0.6) is 0 Å². The highest BCUT2D eigenvalue weighted by molar-refractivity contribution is 8.00. The Morgan fingerprint density at radius 3 is 2.52 bits per heavy atom. The molecule has 0 aliphatic carbocycles. The zero-order valence-electron chi connectivity index (χ0n) is 18.2. The predicted octanol–water partition coefficient (Wildman–Crippen LogP) is 4.40. The number of carbonyl (C=O) groups excluding carboxylic acids is 2. The smallest absolute Gasteiger partial charge is 0.250 e. The number of rotatable bonds is 5. The van der Waals surface area contributed by atoms with Crippen molar-refractivity contribution in [2.75, 3.05) is 10.2 Å². The fraction of sp³-hybridized carbons (Fsp3) is 0.500. The van der Waals surface area contributed by atoms with E-state index < -0.39 is 5.54 Å². The summed E-state index contributed by atoms with van der Waals surface area (Å²) in [5, 5.41) is 3.37. The van der Waals surface area contributed by atoms with E-state index in [2.05, 4.69) is 30.7 Å². The number of fused-ring (bicyclic) bond motifs is 1. The minimum atomic E-state index is -0.973. The average Bonchev–Trinajstić information content (AvgIpc) is 2.89. The Morgan fingerprint density at radius 1 is 1.21 bits per heavy atom. The third-order valence-electron chi connectivity index (χ3n) is 5.33. The lowest BCUT2D eigenvalue weighted by Gasteiger charge is -2.43. The van der Waals surface area contributed by atoms with E-state index in [0.29, 0.717) is 11.6 Å². The van der Waals surface area contributed by atoms with E-state index >= 15 is 0 Å². The molecule has 0 spiro atoms. The van der Waals surface area contributed by atoms with E-state index in [1.807, 2.05) is 38.1 Å². The molecule has 156 valence electrons. The van der Waals surface area contributed by atoms with E-state index in [1.54, 1.807) is 18.7 Å². The number of benzene rings is 1. The van der Waals surface area contributed by atoms with Crippen molar-refractivity contribution in [3.63, 3.8) is 0 Å². The van der Waals surface area contributed by atoms with Gasteiger partial charge in [-0.3, -0.25) is 14.5 Å². The molecule has 1 N–H and O–H groups in total. The largest absolute Gasteiger partial charge is 0.323 e. The number of hydrogen-bond acceptors (Lipinski definition) is 4. The van der Waals surface area contributed by atoms with Crippen molar-refractivity contribution in [1.29, 1.82) is 0 Å². The highest BCUT2D eigenvalue weighted by Crippen LogP contribution is 2.38. The summed E-state index contributed by atoms with van der Waals surface area (Å²) in [4.78, 5) is 32.5. The molecule has 1 aliphatic heterocycles. The lowest BCUT2D eigenvalue weighted by atomic mass is 9.96. The number of amides is 2. The first-order valence-corrected chi connectivity index (χ1v) is 10.9. The normalized spacial score (nSPS) is 16.6. The fourth-order valence-corrected chi connectivity index (χ4v) is 4.58. The number of aryl methyl sites for hydroxylation is 1. The molecular weight excluding hydrogens is 384 g/mol. The lowest BCUT2D eigenvalue weighted by molar-refractivity contribution is -0.126. The van der Waals surface area contributed by atoms with Crippen LogP contribution in [0.15, 0.2) is 29.4 Å². The van der Waals surface area contributed by atoms with Crippen LogP contribution in [0.2, 0.25) is 0 Å². The Labute approximate surface area is 177 Å². The van der Waals surface area contributed by atoms with Crippen LogP contribution in [-0.2, 0) is 16.1 Å². The molecule has 1 atom stereocenters. The molecule has 7 heteroatoms. The minimum absolute atomic E-state index is 0.100. The second-order valence-electron chi connectivity index (χ2n) is 8.53. The van der Waals surface area contributed by atoms with E-state index in [9.17, 15) is 9.59 Å². The third kappa shape index (κ3) is 3.92. The number of aromatic nitrogens is 2. The molecule has 1 aliphatic rings. The van der Waals surface area contributed by atoms with Crippen LogP contribution >= 0.6 is 11.8 Å².